The molecule has 0 radical (unpaired) electrons. The molecule has 2 rings (SSSR count). The smallest absolute Gasteiger partial charge is 0.195 e. The number of nitrogens with one attached hydrogen (secondary N) is 1. The number of aromatic nitrogens is 4. The second kappa shape index (κ2) is 8.66. The van der Waals surface area contributed by atoms with Gasteiger partial charge in [0.05, 0.1) is 13.2 Å². The van der Waals surface area contributed by atoms with Crippen molar-refractivity contribution >= 4 is 12.2 Å². The molecule has 0 aliphatic rings. The summed E-state index contributed by atoms with van der Waals surface area (Å²) in [5, 5.41) is 7.09. The summed E-state index contributed by atoms with van der Waals surface area (Å²) in [6.45, 7) is 2.81. The number of pyridine rings is 1. The van der Waals surface area contributed by atoms with Crippen LogP contribution in [-0.2, 0) is 16.0 Å². The molecule has 0 aliphatic heterocycles. The Morgan fingerprint density at radius 1 is 1.24 bits per heavy atom. The van der Waals surface area contributed by atoms with Gasteiger partial charge >= 0.3 is 0 Å². The lowest BCUT2D eigenvalue weighted by Crippen LogP contribution is -2.06. The zero-order valence-corrected chi connectivity index (χ0v) is 12.9. The molecule has 0 aliphatic carbocycles. The van der Waals surface area contributed by atoms with Crippen LogP contribution in [0.1, 0.15) is 12.8 Å². The van der Waals surface area contributed by atoms with Crippen LogP contribution in [0.15, 0.2) is 24.4 Å². The van der Waals surface area contributed by atoms with Crippen LogP contribution in [-0.4, -0.2) is 46.7 Å². The number of methoxy groups -OCH3 is 1. The van der Waals surface area contributed by atoms with E-state index in [1.165, 1.54) is 0 Å². The molecular weight excluding hydrogens is 288 g/mol. The molecule has 0 atom stereocenters. The molecule has 0 saturated heterocycles. The number of nitrogens with zero attached hydrogens (tertiary/aromatic N) is 3. The molecule has 2 heterocycles. The third-order valence-corrected chi connectivity index (χ3v) is 3.32. The minimum absolute atomic E-state index is 0.621. The van der Waals surface area contributed by atoms with E-state index in [-0.39, 0.29) is 0 Å². The molecule has 2 aromatic rings. The van der Waals surface area contributed by atoms with E-state index < -0.39 is 0 Å². The van der Waals surface area contributed by atoms with Gasteiger partial charge in [0, 0.05) is 26.5 Å². The summed E-state index contributed by atoms with van der Waals surface area (Å²) in [4.78, 5) is 4.31. The van der Waals surface area contributed by atoms with E-state index in [4.69, 9.17) is 21.7 Å². The SMILES string of the molecule is COCCOCCCCn1c(-c2ccccn2)n[nH]c1=S. The summed E-state index contributed by atoms with van der Waals surface area (Å²) in [6.07, 6.45) is 3.69. The third-order valence-electron chi connectivity index (χ3n) is 3.00. The van der Waals surface area contributed by atoms with Crippen molar-refractivity contribution in [3.8, 4) is 11.5 Å². The molecule has 7 heteroatoms. The third kappa shape index (κ3) is 4.73. The molecule has 6 nitrogen and oxygen atoms in total. The van der Waals surface area contributed by atoms with E-state index in [1.54, 1.807) is 13.3 Å². The quantitative estimate of drug-likeness (QED) is 0.569. The van der Waals surface area contributed by atoms with Crippen LogP contribution in [0.25, 0.3) is 11.5 Å². The van der Waals surface area contributed by atoms with E-state index in [1.807, 2.05) is 22.8 Å². The summed E-state index contributed by atoms with van der Waals surface area (Å²) in [7, 11) is 1.67. The van der Waals surface area contributed by atoms with Crippen LogP contribution in [0, 0.1) is 4.77 Å². The molecule has 1 N–H and O–H groups in total. The predicted octanol–water partition coefficient (Wildman–Crippen LogP) is 2.45. The molecule has 0 spiro atoms. The molecule has 0 amide bonds. The Labute approximate surface area is 129 Å². The average Bonchev–Trinajstić information content (AvgIpc) is 2.88. The highest BCUT2D eigenvalue weighted by Crippen LogP contribution is 2.14. The van der Waals surface area contributed by atoms with Crippen LogP contribution >= 0.6 is 12.2 Å². The van der Waals surface area contributed by atoms with Crippen LogP contribution in [0.4, 0.5) is 0 Å². The number of unbranched alkanes of at least 4 members (excludes halogenated alkanes) is 1. The van der Waals surface area contributed by atoms with Crippen molar-refractivity contribution < 1.29 is 9.47 Å². The number of hydrogen-bond acceptors (Lipinski definition) is 5. The molecule has 2 aromatic heterocycles. The number of rotatable bonds is 9. The van der Waals surface area contributed by atoms with Gasteiger partial charge in [-0.25, -0.2) is 0 Å². The molecular formula is C14H20N4O2S. The maximum Gasteiger partial charge on any atom is 0.195 e. The monoisotopic (exact) mass is 308 g/mol. The Bertz CT molecular complexity index is 582. The lowest BCUT2D eigenvalue weighted by atomic mass is 10.3. The van der Waals surface area contributed by atoms with Gasteiger partial charge in [0.2, 0.25) is 0 Å². The van der Waals surface area contributed by atoms with E-state index in [0.29, 0.717) is 18.0 Å². The van der Waals surface area contributed by atoms with E-state index in [0.717, 1.165) is 37.5 Å². The van der Waals surface area contributed by atoms with Crippen LogP contribution in [0.5, 0.6) is 0 Å². The molecule has 0 bridgehead atoms. The van der Waals surface area contributed by atoms with Crippen molar-refractivity contribution in [2.45, 2.75) is 19.4 Å². The number of ether oxygens (including phenoxy) is 2. The van der Waals surface area contributed by atoms with E-state index in [2.05, 4.69) is 15.2 Å². The van der Waals surface area contributed by atoms with Crippen molar-refractivity contribution in [1.29, 1.82) is 0 Å². The standard InChI is InChI=1S/C14H20N4O2S/c1-19-10-11-20-9-5-4-8-18-13(16-17-14(18)21)12-6-2-3-7-15-12/h2-3,6-7H,4-5,8-11H2,1H3,(H,17,21). The Hall–Kier alpha value is -1.57. The second-order valence-electron chi connectivity index (χ2n) is 4.53. The fourth-order valence-electron chi connectivity index (χ4n) is 1.93. The van der Waals surface area contributed by atoms with Crippen molar-refractivity contribution in [2.75, 3.05) is 26.9 Å². The first-order valence-electron chi connectivity index (χ1n) is 6.96. The Morgan fingerprint density at radius 3 is 2.90 bits per heavy atom. The predicted molar refractivity (Wildman–Crippen MR) is 82.6 cm³/mol. The van der Waals surface area contributed by atoms with E-state index in [9.17, 15) is 0 Å². The highest BCUT2D eigenvalue weighted by Gasteiger charge is 2.09. The maximum atomic E-state index is 5.44. The Kier molecular flexibility index (Phi) is 6.52. The normalized spacial score (nSPS) is 10.9. The number of aromatic amines is 1. The van der Waals surface area contributed by atoms with Gasteiger partial charge in [-0.15, -0.1) is 0 Å². The van der Waals surface area contributed by atoms with Crippen molar-refractivity contribution in [1.82, 2.24) is 19.7 Å². The van der Waals surface area contributed by atoms with Crippen molar-refractivity contribution in [3.05, 3.63) is 29.2 Å². The molecule has 0 unspecified atom stereocenters. The van der Waals surface area contributed by atoms with Gasteiger partial charge in [0.25, 0.3) is 0 Å². The molecule has 114 valence electrons. The summed E-state index contributed by atoms with van der Waals surface area (Å²) in [6, 6.07) is 5.75. The minimum atomic E-state index is 0.621. The first-order valence-corrected chi connectivity index (χ1v) is 7.37. The van der Waals surface area contributed by atoms with Gasteiger partial charge in [-0.1, -0.05) is 6.07 Å². The number of hydrogen-bond donors (Lipinski definition) is 1. The first-order chi connectivity index (χ1) is 10.3. The largest absolute Gasteiger partial charge is 0.382 e. The molecule has 21 heavy (non-hydrogen) atoms. The van der Waals surface area contributed by atoms with Gasteiger partial charge in [0.1, 0.15) is 5.69 Å². The lowest BCUT2D eigenvalue weighted by molar-refractivity contribution is 0.0684. The van der Waals surface area contributed by atoms with Crippen molar-refractivity contribution in [3.63, 3.8) is 0 Å². The summed E-state index contributed by atoms with van der Waals surface area (Å²) >= 11 is 5.28. The summed E-state index contributed by atoms with van der Waals surface area (Å²) in [5.74, 6) is 0.779. The van der Waals surface area contributed by atoms with Crippen LogP contribution < -0.4 is 0 Å². The van der Waals surface area contributed by atoms with Gasteiger partial charge in [-0.3, -0.25) is 14.6 Å². The molecule has 0 fully saturated rings. The van der Waals surface area contributed by atoms with Gasteiger partial charge < -0.3 is 9.47 Å². The first kappa shape index (κ1) is 15.8. The van der Waals surface area contributed by atoms with E-state index >= 15 is 0 Å². The van der Waals surface area contributed by atoms with Gasteiger partial charge in [0.15, 0.2) is 10.6 Å². The minimum Gasteiger partial charge on any atom is -0.382 e. The highest BCUT2D eigenvalue weighted by atomic mass is 32.1. The molecule has 0 aromatic carbocycles. The molecule has 0 saturated carbocycles. The van der Waals surface area contributed by atoms with Gasteiger partial charge in [-0.05, 0) is 37.2 Å². The zero-order valence-electron chi connectivity index (χ0n) is 12.1. The summed E-state index contributed by atoms with van der Waals surface area (Å²) in [5.41, 5.74) is 0.821. The lowest BCUT2D eigenvalue weighted by Gasteiger charge is -2.07. The zero-order chi connectivity index (χ0) is 14.9. The number of H-pyrrole nitrogens is 1. The van der Waals surface area contributed by atoms with Crippen LogP contribution in [0.2, 0.25) is 0 Å². The van der Waals surface area contributed by atoms with Gasteiger partial charge in [-0.2, -0.15) is 5.10 Å². The summed E-state index contributed by atoms with van der Waals surface area (Å²) < 4.78 is 13.0. The topological polar surface area (TPSA) is 65.0 Å². The maximum absolute atomic E-state index is 5.44. The second-order valence-corrected chi connectivity index (χ2v) is 4.92. The fraction of sp³-hybridized carbons (Fsp3) is 0.500. The highest BCUT2D eigenvalue weighted by molar-refractivity contribution is 7.71. The Balaban J connectivity index is 1.86. The van der Waals surface area contributed by atoms with Crippen molar-refractivity contribution in [2.24, 2.45) is 0 Å². The average molecular weight is 308 g/mol. The Morgan fingerprint density at radius 2 is 2.14 bits per heavy atom. The fourth-order valence-corrected chi connectivity index (χ4v) is 2.16. The van der Waals surface area contributed by atoms with Crippen LogP contribution in [0.3, 0.4) is 0 Å².